The quantitative estimate of drug-likeness (QED) is 0.399. The Balaban J connectivity index is 1.58. The number of aryl methyl sites for hydroxylation is 2. The van der Waals surface area contributed by atoms with Crippen LogP contribution in [0.5, 0.6) is 5.19 Å². The molecule has 138 valence electrons. The summed E-state index contributed by atoms with van der Waals surface area (Å²) < 4.78 is 3.63. The molecule has 6 nitrogen and oxygen atoms in total. The van der Waals surface area contributed by atoms with Crippen molar-refractivity contribution in [2.75, 3.05) is 0 Å². The third kappa shape index (κ3) is 2.55. The summed E-state index contributed by atoms with van der Waals surface area (Å²) in [5.41, 5.74) is 6.98. The lowest BCUT2D eigenvalue weighted by Crippen LogP contribution is -2.31. The second-order valence-corrected chi connectivity index (χ2v) is 7.73. The summed E-state index contributed by atoms with van der Waals surface area (Å²) >= 11 is 0.856. The summed E-state index contributed by atoms with van der Waals surface area (Å²) in [4.78, 5) is 15.4. The van der Waals surface area contributed by atoms with Crippen molar-refractivity contribution in [1.82, 2.24) is 14.8 Å². The molecule has 0 bridgehead atoms. The number of pyridine rings is 1. The molecule has 3 heterocycles. The molecule has 3 aromatic heterocycles. The van der Waals surface area contributed by atoms with Crippen molar-refractivity contribution in [1.29, 1.82) is 0 Å². The zero-order chi connectivity index (χ0) is 19.3. The molecular weight excluding hydrogens is 372 g/mol. The van der Waals surface area contributed by atoms with Crippen LogP contribution in [0.25, 0.3) is 28.3 Å². The first-order valence-corrected chi connectivity index (χ1v) is 9.76. The molecule has 0 atom stereocenters. The van der Waals surface area contributed by atoms with E-state index in [1.54, 1.807) is 4.57 Å². The van der Waals surface area contributed by atoms with Crippen LogP contribution < -0.4 is 9.67 Å². The van der Waals surface area contributed by atoms with Crippen molar-refractivity contribution < 1.29 is 14.5 Å². The Morgan fingerprint density at radius 2 is 1.96 bits per heavy atom. The van der Waals surface area contributed by atoms with Crippen molar-refractivity contribution in [3.63, 3.8) is 0 Å². The van der Waals surface area contributed by atoms with E-state index < -0.39 is 0 Å². The second kappa shape index (κ2) is 6.38. The van der Waals surface area contributed by atoms with Gasteiger partial charge in [0.25, 0.3) is 0 Å². The van der Waals surface area contributed by atoms with Gasteiger partial charge in [0.2, 0.25) is 0 Å². The third-order valence-electron chi connectivity index (χ3n) is 5.13. The van der Waals surface area contributed by atoms with Gasteiger partial charge in [-0.25, -0.2) is 4.57 Å². The molecule has 28 heavy (non-hydrogen) atoms. The van der Waals surface area contributed by atoms with Crippen molar-refractivity contribution in [3.8, 4) is 33.5 Å². The number of hydrogen-bond donors (Lipinski definition) is 0. The lowest BCUT2D eigenvalue weighted by Gasteiger charge is -2.15. The zero-order valence-electron chi connectivity index (χ0n) is 15.1. The normalized spacial score (nSPS) is 12.5. The fourth-order valence-electron chi connectivity index (χ4n) is 3.90. The summed E-state index contributed by atoms with van der Waals surface area (Å²) in [7, 11) is 1.96. The molecule has 7 heteroatoms. The molecule has 5 rings (SSSR count). The number of rotatable bonds is 3. The number of hydrogen-bond acceptors (Lipinski definition) is 5. The van der Waals surface area contributed by atoms with Crippen LogP contribution in [0.15, 0.2) is 48.8 Å². The van der Waals surface area contributed by atoms with E-state index in [-0.39, 0.29) is 5.19 Å². The molecule has 1 aromatic carbocycles. The number of carbonyl (C=O) groups excluding carboxylic acids is 1. The Morgan fingerprint density at radius 3 is 2.75 bits per heavy atom. The van der Waals surface area contributed by atoms with E-state index in [1.165, 1.54) is 16.7 Å². The van der Waals surface area contributed by atoms with Crippen molar-refractivity contribution in [2.45, 2.75) is 12.8 Å². The minimum atomic E-state index is -0.368. The predicted octanol–water partition coefficient (Wildman–Crippen LogP) is 2.47. The van der Waals surface area contributed by atoms with Gasteiger partial charge in [-0.2, -0.15) is 5.10 Å². The van der Waals surface area contributed by atoms with Gasteiger partial charge >= 0.3 is 5.82 Å². The van der Waals surface area contributed by atoms with Crippen LogP contribution in [0, 0.1) is 0 Å². The van der Waals surface area contributed by atoms with E-state index in [9.17, 15) is 9.90 Å². The minimum Gasteiger partial charge on any atom is -0.831 e. The predicted molar refractivity (Wildman–Crippen MR) is 104 cm³/mol. The van der Waals surface area contributed by atoms with Gasteiger partial charge < -0.3 is 5.11 Å². The van der Waals surface area contributed by atoms with E-state index in [1.807, 2.05) is 36.3 Å². The Kier molecular flexibility index (Phi) is 3.84. The SMILES string of the molecule is Cn1nc2c(c1-c1cc[n+](-c3nc([O-])sc3C=O)cc1)CCc1ccccc1-2. The van der Waals surface area contributed by atoms with Crippen molar-refractivity contribution in [2.24, 2.45) is 7.05 Å². The summed E-state index contributed by atoms with van der Waals surface area (Å²) in [5, 5.41) is 16.0. The molecule has 1 aliphatic rings. The van der Waals surface area contributed by atoms with Crippen LogP contribution in [0.1, 0.15) is 20.8 Å². The maximum absolute atomic E-state index is 11.5. The average molecular weight is 388 g/mol. The molecule has 0 radical (unpaired) electrons. The van der Waals surface area contributed by atoms with Gasteiger partial charge in [0, 0.05) is 23.7 Å². The lowest BCUT2D eigenvalue weighted by molar-refractivity contribution is -0.599. The van der Waals surface area contributed by atoms with E-state index in [0.717, 1.165) is 41.1 Å². The maximum Gasteiger partial charge on any atom is 0.348 e. The van der Waals surface area contributed by atoms with Crippen LogP contribution in [0.4, 0.5) is 0 Å². The molecule has 0 amide bonds. The summed E-state index contributed by atoms with van der Waals surface area (Å²) in [5.74, 6) is 0.373. The number of aromatic nitrogens is 4. The molecule has 1 aliphatic carbocycles. The molecule has 0 aliphatic heterocycles. The largest absolute Gasteiger partial charge is 0.831 e. The molecule has 0 N–H and O–H groups in total. The monoisotopic (exact) mass is 388 g/mol. The molecule has 0 saturated heterocycles. The number of fused-ring (bicyclic) bond motifs is 3. The van der Waals surface area contributed by atoms with E-state index >= 15 is 0 Å². The highest BCUT2D eigenvalue weighted by Gasteiger charge is 2.25. The molecule has 0 fully saturated rings. The first-order chi connectivity index (χ1) is 13.7. The standard InChI is InChI=1S/C21H16N4O2S/c1-24-19(16-7-6-13-4-2-3-5-15(13)18(16)23-24)14-8-10-25(11-9-14)20-17(12-26)28-21(27)22-20/h2-5,8-12H,6-7H2,1H3. The minimum absolute atomic E-state index is 0.331. The van der Waals surface area contributed by atoms with Crippen molar-refractivity contribution in [3.05, 3.63) is 64.8 Å². The van der Waals surface area contributed by atoms with E-state index in [0.29, 0.717) is 17.0 Å². The smallest absolute Gasteiger partial charge is 0.348 e. The number of nitrogens with zero attached hydrogens (tertiary/aromatic N) is 4. The van der Waals surface area contributed by atoms with Gasteiger partial charge in [-0.15, -0.1) is 0 Å². The Bertz CT molecular complexity index is 1210. The molecule has 0 spiro atoms. The highest BCUT2D eigenvalue weighted by atomic mass is 32.1. The van der Waals surface area contributed by atoms with Gasteiger partial charge in [-0.3, -0.25) is 9.48 Å². The van der Waals surface area contributed by atoms with Gasteiger partial charge in [0.1, 0.15) is 0 Å². The summed E-state index contributed by atoms with van der Waals surface area (Å²) in [6.07, 6.45) is 6.28. The fraction of sp³-hybridized carbons (Fsp3) is 0.143. The van der Waals surface area contributed by atoms with Crippen LogP contribution in [-0.4, -0.2) is 21.1 Å². The molecule has 0 saturated carbocycles. The van der Waals surface area contributed by atoms with Crippen LogP contribution in [0.2, 0.25) is 0 Å². The van der Waals surface area contributed by atoms with Gasteiger partial charge in [0.15, 0.2) is 16.4 Å². The topological polar surface area (TPSA) is 74.7 Å². The Hall–Kier alpha value is -3.32. The molecular formula is C21H16N4O2S. The average Bonchev–Trinajstić information content (AvgIpc) is 3.27. The second-order valence-electron chi connectivity index (χ2n) is 6.74. The Morgan fingerprint density at radius 1 is 1.18 bits per heavy atom. The molecule has 4 aromatic rings. The van der Waals surface area contributed by atoms with E-state index in [4.69, 9.17) is 5.10 Å². The van der Waals surface area contributed by atoms with Gasteiger partial charge in [0.05, 0.1) is 23.8 Å². The summed E-state index contributed by atoms with van der Waals surface area (Å²) in [6, 6.07) is 12.4. The van der Waals surface area contributed by atoms with E-state index in [2.05, 4.69) is 29.2 Å². The number of thiazole rings is 1. The summed E-state index contributed by atoms with van der Waals surface area (Å²) in [6.45, 7) is 0. The first kappa shape index (κ1) is 16.8. The number of carbonyl (C=O) groups is 1. The van der Waals surface area contributed by atoms with Crippen LogP contribution in [0.3, 0.4) is 0 Å². The van der Waals surface area contributed by atoms with Gasteiger partial charge in [-0.05, 0) is 35.5 Å². The highest BCUT2D eigenvalue weighted by Crippen LogP contribution is 2.37. The van der Waals surface area contributed by atoms with Gasteiger partial charge in [-0.1, -0.05) is 35.6 Å². The van der Waals surface area contributed by atoms with Crippen molar-refractivity contribution >= 4 is 17.6 Å². The zero-order valence-corrected chi connectivity index (χ0v) is 15.9. The third-order valence-corrected chi connectivity index (χ3v) is 5.90. The number of aldehydes is 1. The molecule has 0 unspecified atom stereocenters. The maximum atomic E-state index is 11.5. The highest BCUT2D eigenvalue weighted by molar-refractivity contribution is 7.15. The van der Waals surface area contributed by atoms with Crippen LogP contribution >= 0.6 is 11.3 Å². The fourth-order valence-corrected chi connectivity index (χ4v) is 4.51. The Labute approximate surface area is 165 Å². The first-order valence-electron chi connectivity index (χ1n) is 8.95. The lowest BCUT2D eigenvalue weighted by atomic mass is 9.88. The number of benzene rings is 1. The van der Waals surface area contributed by atoms with Crippen LogP contribution in [-0.2, 0) is 19.9 Å².